The van der Waals surface area contributed by atoms with Crippen LogP contribution in [0.3, 0.4) is 0 Å². The molecular formula is C29H36N4O2. The molecule has 3 fully saturated rings. The zero-order valence-electron chi connectivity index (χ0n) is 20.4. The molecule has 1 saturated heterocycles. The molecule has 184 valence electrons. The van der Waals surface area contributed by atoms with Gasteiger partial charge >= 0.3 is 0 Å². The van der Waals surface area contributed by atoms with Gasteiger partial charge in [-0.15, -0.1) is 0 Å². The van der Waals surface area contributed by atoms with Gasteiger partial charge in [0, 0.05) is 68.5 Å². The molecule has 5 aliphatic rings. The first-order valence-corrected chi connectivity index (χ1v) is 13.4. The first-order chi connectivity index (χ1) is 17.0. The van der Waals surface area contributed by atoms with Crippen LogP contribution in [0.25, 0.3) is 0 Å². The maximum Gasteiger partial charge on any atom is 0.254 e. The fourth-order valence-electron chi connectivity index (χ4n) is 7.10. The van der Waals surface area contributed by atoms with Crippen LogP contribution in [0.5, 0.6) is 0 Å². The third-order valence-corrected chi connectivity index (χ3v) is 9.30. The van der Waals surface area contributed by atoms with Crippen LogP contribution >= 0.6 is 0 Å². The van der Waals surface area contributed by atoms with Crippen molar-refractivity contribution in [3.05, 3.63) is 64.7 Å². The van der Waals surface area contributed by atoms with Gasteiger partial charge in [-0.25, -0.2) is 0 Å². The second-order valence-electron chi connectivity index (χ2n) is 12.0. The van der Waals surface area contributed by atoms with Gasteiger partial charge in [0.15, 0.2) is 0 Å². The summed E-state index contributed by atoms with van der Waals surface area (Å²) in [5, 5.41) is 18.1. The normalized spacial score (nSPS) is 24.9. The Hall–Kier alpha value is -2.41. The van der Waals surface area contributed by atoms with E-state index in [2.05, 4.69) is 58.0 Å². The van der Waals surface area contributed by atoms with Gasteiger partial charge in [0.05, 0.1) is 6.10 Å². The molecule has 2 aromatic carbocycles. The van der Waals surface area contributed by atoms with Crippen molar-refractivity contribution in [2.75, 3.05) is 44.6 Å². The topological polar surface area (TPSA) is 67.8 Å². The van der Waals surface area contributed by atoms with E-state index >= 15 is 0 Å². The highest BCUT2D eigenvalue weighted by Crippen LogP contribution is 2.53. The Morgan fingerprint density at radius 1 is 1.09 bits per heavy atom. The van der Waals surface area contributed by atoms with E-state index in [0.717, 1.165) is 63.2 Å². The number of β-amino-alcohol motifs (C(OH)–C–C–N with tert-alkyl or cyclic N) is 1. The van der Waals surface area contributed by atoms with Crippen LogP contribution in [0.4, 0.5) is 5.69 Å². The molecule has 0 radical (unpaired) electrons. The SMILES string of the molecule is O=C1c2cc(NC3CC4(CNC4)C3)ccc2C2(CC2)CN1C[C@H](O)CN1CCc2ccccc2C1. The smallest absolute Gasteiger partial charge is 0.254 e. The van der Waals surface area contributed by atoms with Gasteiger partial charge in [0.2, 0.25) is 0 Å². The third kappa shape index (κ3) is 3.87. The van der Waals surface area contributed by atoms with Crippen molar-refractivity contribution in [2.45, 2.75) is 56.2 Å². The summed E-state index contributed by atoms with van der Waals surface area (Å²) in [6.07, 6.45) is 5.19. The minimum absolute atomic E-state index is 0.0810. The van der Waals surface area contributed by atoms with Crippen molar-refractivity contribution in [1.29, 1.82) is 0 Å². The van der Waals surface area contributed by atoms with Gasteiger partial charge in [0.25, 0.3) is 5.91 Å². The molecule has 2 aliphatic carbocycles. The van der Waals surface area contributed by atoms with Gasteiger partial charge in [-0.1, -0.05) is 30.3 Å². The number of fused-ring (bicyclic) bond motifs is 3. The summed E-state index contributed by atoms with van der Waals surface area (Å²) in [7, 11) is 0. The minimum atomic E-state index is -0.537. The van der Waals surface area contributed by atoms with Crippen molar-refractivity contribution in [1.82, 2.24) is 15.1 Å². The lowest BCUT2D eigenvalue weighted by atomic mass is 9.61. The van der Waals surface area contributed by atoms with Crippen LogP contribution in [0, 0.1) is 5.41 Å². The summed E-state index contributed by atoms with van der Waals surface area (Å²) in [5.41, 5.74) is 6.54. The molecule has 0 aromatic heterocycles. The lowest BCUT2D eigenvalue weighted by Crippen LogP contribution is -2.63. The van der Waals surface area contributed by atoms with Gasteiger partial charge in [-0.05, 0) is 66.3 Å². The summed E-state index contributed by atoms with van der Waals surface area (Å²) in [6.45, 7) is 5.90. The first-order valence-electron chi connectivity index (χ1n) is 13.4. The summed E-state index contributed by atoms with van der Waals surface area (Å²) < 4.78 is 0. The molecule has 1 amide bonds. The Morgan fingerprint density at radius 3 is 2.63 bits per heavy atom. The van der Waals surface area contributed by atoms with Gasteiger partial charge < -0.3 is 20.6 Å². The Kier molecular flexibility index (Phi) is 5.02. The second-order valence-corrected chi connectivity index (χ2v) is 12.0. The molecule has 1 atom stereocenters. The summed E-state index contributed by atoms with van der Waals surface area (Å²) >= 11 is 0. The molecule has 2 aromatic rings. The third-order valence-electron chi connectivity index (χ3n) is 9.30. The lowest BCUT2D eigenvalue weighted by molar-refractivity contribution is 0.0457. The number of hydrogen-bond donors (Lipinski definition) is 3. The zero-order chi connectivity index (χ0) is 23.6. The average molecular weight is 473 g/mol. The number of carbonyl (C=O) groups is 1. The Bertz CT molecular complexity index is 1150. The summed E-state index contributed by atoms with van der Waals surface area (Å²) in [4.78, 5) is 17.8. The number of hydrogen-bond acceptors (Lipinski definition) is 5. The maximum absolute atomic E-state index is 13.6. The lowest BCUT2D eigenvalue weighted by Gasteiger charge is -2.54. The largest absolute Gasteiger partial charge is 0.390 e. The summed E-state index contributed by atoms with van der Waals surface area (Å²) in [5.74, 6) is 0.0810. The standard InChI is InChI=1S/C29H36N4O2/c34-24(15-32-10-7-20-3-1-2-4-21(20)14-32)16-33-19-29(8-9-29)26-6-5-22(11-25(26)27(33)35)31-23-12-28(13-23)17-30-18-28/h1-6,11,23-24,30-31,34H,7-10,12-19H2/t24-/m1/s1. The molecular weight excluding hydrogens is 436 g/mol. The van der Waals surface area contributed by atoms with E-state index < -0.39 is 6.10 Å². The van der Waals surface area contributed by atoms with Crippen molar-refractivity contribution >= 4 is 11.6 Å². The number of nitrogens with zero attached hydrogens (tertiary/aromatic N) is 2. The number of rotatable bonds is 6. The van der Waals surface area contributed by atoms with Crippen molar-refractivity contribution in [3.8, 4) is 0 Å². The minimum Gasteiger partial charge on any atom is -0.390 e. The molecule has 35 heavy (non-hydrogen) atoms. The quantitative estimate of drug-likeness (QED) is 0.603. The molecule has 6 nitrogen and oxygen atoms in total. The predicted octanol–water partition coefficient (Wildman–Crippen LogP) is 2.76. The van der Waals surface area contributed by atoms with E-state index in [4.69, 9.17) is 0 Å². The number of anilines is 1. The zero-order valence-corrected chi connectivity index (χ0v) is 20.4. The monoisotopic (exact) mass is 472 g/mol. The highest BCUT2D eigenvalue weighted by Gasteiger charge is 2.52. The molecule has 7 rings (SSSR count). The van der Waals surface area contributed by atoms with Crippen molar-refractivity contribution < 1.29 is 9.90 Å². The van der Waals surface area contributed by atoms with Crippen molar-refractivity contribution in [3.63, 3.8) is 0 Å². The van der Waals surface area contributed by atoms with Crippen LogP contribution in [0.2, 0.25) is 0 Å². The number of benzene rings is 2. The highest BCUT2D eigenvalue weighted by molar-refractivity contribution is 5.98. The van der Waals surface area contributed by atoms with Crippen LogP contribution in [0.15, 0.2) is 42.5 Å². The van der Waals surface area contributed by atoms with E-state index in [0.29, 0.717) is 24.5 Å². The number of amides is 1. The van der Waals surface area contributed by atoms with Crippen molar-refractivity contribution in [2.24, 2.45) is 5.41 Å². The highest BCUT2D eigenvalue weighted by atomic mass is 16.3. The van der Waals surface area contributed by atoms with E-state index in [-0.39, 0.29) is 11.3 Å². The van der Waals surface area contributed by atoms with Crippen LogP contribution in [0.1, 0.15) is 52.7 Å². The number of carbonyl (C=O) groups excluding carboxylic acids is 1. The molecule has 2 spiro atoms. The van der Waals surface area contributed by atoms with Crippen LogP contribution in [-0.2, 0) is 18.4 Å². The van der Waals surface area contributed by atoms with E-state index in [1.807, 2.05) is 4.90 Å². The van der Waals surface area contributed by atoms with Gasteiger partial charge in [0.1, 0.15) is 0 Å². The molecule has 3 N–H and O–H groups in total. The van der Waals surface area contributed by atoms with Gasteiger partial charge in [-0.3, -0.25) is 9.69 Å². The maximum atomic E-state index is 13.6. The Labute approximate surface area is 207 Å². The second kappa shape index (κ2) is 8.05. The molecule has 2 saturated carbocycles. The molecule has 0 bridgehead atoms. The van der Waals surface area contributed by atoms with E-state index in [1.54, 1.807) is 0 Å². The molecule has 3 aliphatic heterocycles. The molecule has 6 heteroatoms. The van der Waals surface area contributed by atoms with E-state index in [1.165, 1.54) is 29.5 Å². The van der Waals surface area contributed by atoms with Crippen LogP contribution < -0.4 is 10.6 Å². The fraction of sp³-hybridized carbons (Fsp3) is 0.552. The summed E-state index contributed by atoms with van der Waals surface area (Å²) in [6, 6.07) is 15.6. The Balaban J connectivity index is 1.02. The predicted molar refractivity (Wildman–Crippen MR) is 137 cm³/mol. The van der Waals surface area contributed by atoms with Crippen LogP contribution in [-0.4, -0.2) is 72.2 Å². The fourth-order valence-corrected chi connectivity index (χ4v) is 7.10. The molecule has 0 unspecified atom stereocenters. The Morgan fingerprint density at radius 2 is 1.89 bits per heavy atom. The number of nitrogens with one attached hydrogen (secondary N) is 2. The van der Waals surface area contributed by atoms with E-state index in [9.17, 15) is 9.90 Å². The first kappa shape index (κ1) is 21.8. The number of aliphatic hydroxyl groups excluding tert-OH is 1. The van der Waals surface area contributed by atoms with Gasteiger partial charge in [-0.2, -0.15) is 0 Å². The number of aliphatic hydroxyl groups is 1. The average Bonchev–Trinajstić information content (AvgIpc) is 3.58. The molecule has 3 heterocycles.